The number of nitrogens with zero attached hydrogens (tertiary/aromatic N) is 2. The molecule has 3 rings (SSSR count). The van der Waals surface area contributed by atoms with E-state index >= 15 is 0 Å². The van der Waals surface area contributed by atoms with Gasteiger partial charge in [-0.2, -0.15) is 5.10 Å². The van der Waals surface area contributed by atoms with Crippen molar-refractivity contribution in [3.05, 3.63) is 73.6 Å². The summed E-state index contributed by atoms with van der Waals surface area (Å²) in [5.74, 6) is -1.39. The first-order chi connectivity index (χ1) is 14.3. The molecule has 0 saturated carbocycles. The lowest BCUT2D eigenvalue weighted by Gasteiger charge is -2.14. The number of esters is 1. The standard InChI is InChI=1S/C19H15ClN4O6/c1-10(18(26)21-15-7-6-11(24(28)29)8-14(15)20)30-17(25)9-16-12-4-2-3-5-13(12)19(27)23-22-16/h2-8,10H,9H2,1H3,(H,21,26)(H,23,27). The van der Waals surface area contributed by atoms with Gasteiger partial charge in [-0.05, 0) is 19.1 Å². The number of aromatic amines is 1. The van der Waals surface area contributed by atoms with Gasteiger partial charge in [-0.3, -0.25) is 24.5 Å². The molecule has 1 unspecified atom stereocenters. The molecule has 0 fully saturated rings. The monoisotopic (exact) mass is 430 g/mol. The van der Waals surface area contributed by atoms with Gasteiger partial charge in [-0.1, -0.05) is 29.8 Å². The first kappa shape index (κ1) is 20.9. The van der Waals surface area contributed by atoms with Crippen LogP contribution in [0.3, 0.4) is 0 Å². The number of aromatic nitrogens is 2. The predicted octanol–water partition coefficient (Wildman–Crippen LogP) is 2.60. The van der Waals surface area contributed by atoms with Gasteiger partial charge in [0.15, 0.2) is 6.10 Å². The fraction of sp³-hybridized carbons (Fsp3) is 0.158. The summed E-state index contributed by atoms with van der Waals surface area (Å²) in [5, 5.41) is 20.3. The van der Waals surface area contributed by atoms with Crippen LogP contribution in [-0.4, -0.2) is 33.1 Å². The molecule has 0 spiro atoms. The number of hydrogen-bond acceptors (Lipinski definition) is 7. The quantitative estimate of drug-likeness (QED) is 0.347. The van der Waals surface area contributed by atoms with Gasteiger partial charge in [0.25, 0.3) is 17.2 Å². The van der Waals surface area contributed by atoms with E-state index in [0.717, 1.165) is 6.07 Å². The van der Waals surface area contributed by atoms with E-state index in [1.165, 1.54) is 19.1 Å². The molecule has 1 heterocycles. The molecule has 0 saturated heterocycles. The highest BCUT2D eigenvalue weighted by atomic mass is 35.5. The zero-order chi connectivity index (χ0) is 21.8. The van der Waals surface area contributed by atoms with E-state index in [1.54, 1.807) is 24.3 Å². The van der Waals surface area contributed by atoms with Crippen molar-refractivity contribution >= 4 is 45.6 Å². The average molecular weight is 431 g/mol. The molecule has 154 valence electrons. The molecular formula is C19H15ClN4O6. The predicted molar refractivity (Wildman–Crippen MR) is 108 cm³/mol. The van der Waals surface area contributed by atoms with Gasteiger partial charge < -0.3 is 10.1 Å². The lowest BCUT2D eigenvalue weighted by atomic mass is 10.1. The fourth-order valence-corrected chi connectivity index (χ4v) is 2.91. The Labute approximate surface area is 174 Å². The molecule has 30 heavy (non-hydrogen) atoms. The van der Waals surface area contributed by atoms with E-state index in [4.69, 9.17) is 16.3 Å². The summed E-state index contributed by atoms with van der Waals surface area (Å²) in [6, 6.07) is 10.2. The maximum absolute atomic E-state index is 12.3. The number of H-pyrrole nitrogens is 1. The van der Waals surface area contributed by atoms with Crippen LogP contribution in [0.4, 0.5) is 11.4 Å². The van der Waals surface area contributed by atoms with Gasteiger partial charge >= 0.3 is 5.97 Å². The Morgan fingerprint density at radius 2 is 1.97 bits per heavy atom. The van der Waals surface area contributed by atoms with Crippen LogP contribution in [0.2, 0.25) is 5.02 Å². The number of nitro groups is 1. The Hall–Kier alpha value is -3.79. The molecule has 1 atom stereocenters. The molecule has 0 aliphatic heterocycles. The second-order valence-corrected chi connectivity index (χ2v) is 6.67. The number of ether oxygens (including phenoxy) is 1. The lowest BCUT2D eigenvalue weighted by molar-refractivity contribution is -0.384. The lowest BCUT2D eigenvalue weighted by Crippen LogP contribution is -2.30. The Kier molecular flexibility index (Phi) is 6.07. The van der Waals surface area contributed by atoms with Gasteiger partial charge in [-0.25, -0.2) is 5.10 Å². The highest BCUT2D eigenvalue weighted by molar-refractivity contribution is 6.34. The summed E-state index contributed by atoms with van der Waals surface area (Å²) in [5.41, 5.74) is -0.154. The number of nitrogens with one attached hydrogen (secondary N) is 2. The van der Waals surface area contributed by atoms with E-state index < -0.39 is 22.9 Å². The van der Waals surface area contributed by atoms with Crippen LogP contribution in [-0.2, 0) is 20.7 Å². The fourth-order valence-electron chi connectivity index (χ4n) is 2.69. The molecule has 2 N–H and O–H groups in total. The van der Waals surface area contributed by atoms with Crippen molar-refractivity contribution in [2.45, 2.75) is 19.4 Å². The maximum Gasteiger partial charge on any atom is 0.312 e. The summed E-state index contributed by atoms with van der Waals surface area (Å²) in [4.78, 5) is 46.5. The summed E-state index contributed by atoms with van der Waals surface area (Å²) >= 11 is 5.94. The third-order valence-corrected chi connectivity index (χ3v) is 4.50. The minimum Gasteiger partial charge on any atom is -0.452 e. The molecule has 0 aliphatic rings. The van der Waals surface area contributed by atoms with Gasteiger partial charge in [0, 0.05) is 17.5 Å². The normalized spacial score (nSPS) is 11.7. The van der Waals surface area contributed by atoms with Gasteiger partial charge in [0.05, 0.1) is 33.1 Å². The van der Waals surface area contributed by atoms with E-state index in [9.17, 15) is 24.5 Å². The topological polar surface area (TPSA) is 144 Å². The van der Waals surface area contributed by atoms with Crippen molar-refractivity contribution in [3.8, 4) is 0 Å². The Bertz CT molecular complexity index is 1210. The largest absolute Gasteiger partial charge is 0.452 e. The number of non-ortho nitro benzene ring substituents is 1. The number of halogens is 1. The number of amides is 1. The molecule has 1 aromatic heterocycles. The zero-order valence-corrected chi connectivity index (χ0v) is 16.3. The number of hydrogen-bond donors (Lipinski definition) is 2. The minimum atomic E-state index is -1.17. The second-order valence-electron chi connectivity index (χ2n) is 6.26. The number of nitro benzene ring substituents is 1. The SMILES string of the molecule is CC(OC(=O)Cc1n[nH]c(=O)c2ccccc12)C(=O)Nc1ccc([N+](=O)[O-])cc1Cl. The second kappa shape index (κ2) is 8.70. The first-order valence-electron chi connectivity index (χ1n) is 8.67. The van der Waals surface area contributed by atoms with E-state index in [2.05, 4.69) is 15.5 Å². The molecule has 0 aliphatic carbocycles. The third kappa shape index (κ3) is 4.61. The van der Waals surface area contributed by atoms with Crippen LogP contribution in [0.1, 0.15) is 12.6 Å². The number of carbonyl (C=O) groups is 2. The van der Waals surface area contributed by atoms with Crippen LogP contribution in [0.15, 0.2) is 47.3 Å². The summed E-state index contributed by atoms with van der Waals surface area (Å²) < 4.78 is 5.13. The molecule has 11 heteroatoms. The average Bonchev–Trinajstić information content (AvgIpc) is 2.71. The molecule has 0 radical (unpaired) electrons. The van der Waals surface area contributed by atoms with Crippen molar-refractivity contribution in [1.29, 1.82) is 0 Å². The molecule has 10 nitrogen and oxygen atoms in total. The Morgan fingerprint density at radius 3 is 2.63 bits per heavy atom. The number of carbonyl (C=O) groups excluding carboxylic acids is 2. The Balaban J connectivity index is 1.66. The van der Waals surface area contributed by atoms with Gasteiger partial charge in [0.2, 0.25) is 0 Å². The zero-order valence-electron chi connectivity index (χ0n) is 15.5. The molecule has 3 aromatic rings. The van der Waals surface area contributed by atoms with Crippen LogP contribution < -0.4 is 10.9 Å². The van der Waals surface area contributed by atoms with Gasteiger partial charge in [-0.15, -0.1) is 0 Å². The smallest absolute Gasteiger partial charge is 0.312 e. The number of fused-ring (bicyclic) bond motifs is 1. The highest BCUT2D eigenvalue weighted by Gasteiger charge is 2.21. The summed E-state index contributed by atoms with van der Waals surface area (Å²) in [7, 11) is 0. The van der Waals surface area contributed by atoms with Crippen molar-refractivity contribution in [3.63, 3.8) is 0 Å². The third-order valence-electron chi connectivity index (χ3n) is 4.19. The van der Waals surface area contributed by atoms with Crippen molar-refractivity contribution < 1.29 is 19.2 Å². The molecule has 1 amide bonds. The molecule has 0 bridgehead atoms. The van der Waals surface area contributed by atoms with Crippen LogP contribution >= 0.6 is 11.6 Å². The van der Waals surface area contributed by atoms with Crippen molar-refractivity contribution in [2.75, 3.05) is 5.32 Å². The number of rotatable bonds is 6. The van der Waals surface area contributed by atoms with Crippen molar-refractivity contribution in [1.82, 2.24) is 10.2 Å². The first-order valence-corrected chi connectivity index (χ1v) is 9.04. The van der Waals surface area contributed by atoms with Crippen molar-refractivity contribution in [2.24, 2.45) is 0 Å². The van der Waals surface area contributed by atoms with Crippen LogP contribution in [0, 0.1) is 10.1 Å². The minimum absolute atomic E-state index is 0.0278. The maximum atomic E-state index is 12.3. The Morgan fingerprint density at radius 1 is 1.27 bits per heavy atom. The van der Waals surface area contributed by atoms with Gasteiger partial charge in [0.1, 0.15) is 0 Å². The number of benzene rings is 2. The van der Waals surface area contributed by atoms with Crippen LogP contribution in [0.5, 0.6) is 0 Å². The molecular weight excluding hydrogens is 416 g/mol. The summed E-state index contributed by atoms with van der Waals surface area (Å²) in [6.45, 7) is 1.37. The number of anilines is 1. The van der Waals surface area contributed by atoms with Crippen LogP contribution in [0.25, 0.3) is 10.8 Å². The van der Waals surface area contributed by atoms with E-state index in [1.807, 2.05) is 0 Å². The summed E-state index contributed by atoms with van der Waals surface area (Å²) in [6.07, 6.45) is -1.43. The highest BCUT2D eigenvalue weighted by Crippen LogP contribution is 2.26. The van der Waals surface area contributed by atoms with E-state index in [-0.39, 0.29) is 28.4 Å². The molecule has 2 aromatic carbocycles. The van der Waals surface area contributed by atoms with E-state index in [0.29, 0.717) is 16.5 Å².